The van der Waals surface area contributed by atoms with Crippen molar-refractivity contribution >= 4 is 11.4 Å². The smallest absolute Gasteiger partial charge is 0.303 e. The Morgan fingerprint density at radius 1 is 0.537 bits per heavy atom. The number of benzene rings is 2. The van der Waals surface area contributed by atoms with Crippen molar-refractivity contribution < 1.29 is 4.79 Å². The molecule has 0 fully saturated rings. The molecule has 0 bridgehead atoms. The van der Waals surface area contributed by atoms with Crippen molar-refractivity contribution in [1.29, 1.82) is 0 Å². The van der Waals surface area contributed by atoms with Gasteiger partial charge in [0, 0.05) is 0 Å². The summed E-state index contributed by atoms with van der Waals surface area (Å²) in [6.45, 7) is 9.06. The fourth-order valence-corrected chi connectivity index (χ4v) is 5.74. The first-order valence-corrected chi connectivity index (χ1v) is 17.1. The molecule has 0 aliphatic carbocycles. The van der Waals surface area contributed by atoms with Crippen LogP contribution in [0.3, 0.4) is 0 Å². The van der Waals surface area contributed by atoms with E-state index in [1.807, 2.05) is 0 Å². The van der Waals surface area contributed by atoms with E-state index in [0.29, 0.717) is 0 Å². The number of hydrogen-bond donors (Lipinski definition) is 0. The molecule has 0 N–H and O–H groups in total. The van der Waals surface area contributed by atoms with Crippen molar-refractivity contribution in [3.05, 3.63) is 87.5 Å². The van der Waals surface area contributed by atoms with Gasteiger partial charge < -0.3 is 5.53 Å². The fourth-order valence-electron chi connectivity index (χ4n) is 5.74. The molecule has 2 aromatic carbocycles. The first kappa shape index (κ1) is 34.5. The van der Waals surface area contributed by atoms with E-state index < -0.39 is 0 Å². The summed E-state index contributed by atoms with van der Waals surface area (Å²) in [7, 11) is 0. The summed E-state index contributed by atoms with van der Waals surface area (Å²) < 4.78 is 0. The van der Waals surface area contributed by atoms with Gasteiger partial charge in [-0.1, -0.05) is 147 Å². The van der Waals surface area contributed by atoms with Crippen molar-refractivity contribution in [2.45, 2.75) is 150 Å². The van der Waals surface area contributed by atoms with Crippen LogP contribution in [0.25, 0.3) is 11.1 Å². The second-order valence-electron chi connectivity index (χ2n) is 11.8. The Kier molecular flexibility index (Phi) is 18.5. The van der Waals surface area contributed by atoms with Crippen molar-refractivity contribution in [2.75, 3.05) is 0 Å². The molecule has 224 valence electrons. The Bertz CT molecular complexity index is 1080. The van der Waals surface area contributed by atoms with Gasteiger partial charge in [-0.3, -0.25) is 0 Å². The van der Waals surface area contributed by atoms with Gasteiger partial charge in [-0.15, -0.1) is 4.79 Å². The van der Waals surface area contributed by atoms with E-state index in [9.17, 15) is 5.53 Å². The van der Waals surface area contributed by atoms with Crippen LogP contribution in [0.2, 0.25) is 0 Å². The van der Waals surface area contributed by atoms with Crippen LogP contribution in [0.5, 0.6) is 0 Å². The highest BCUT2D eigenvalue weighted by atomic mass is 14.8. The third kappa shape index (κ3) is 13.2. The average Bonchev–Trinajstić information content (AvgIpc) is 3.00. The Hall–Kier alpha value is -2.66. The maximum Gasteiger partial charge on any atom is 0.303 e. The van der Waals surface area contributed by atoms with E-state index in [2.05, 4.69) is 86.9 Å². The number of rotatable bonds is 22. The Morgan fingerprint density at radius 2 is 0.951 bits per heavy atom. The molecule has 0 aliphatic rings. The summed E-state index contributed by atoms with van der Waals surface area (Å²) in [6.07, 6.45) is 22.7. The Morgan fingerprint density at radius 3 is 1.41 bits per heavy atom. The molecule has 0 radical (unpaired) electrons. The molecule has 2 aromatic rings. The van der Waals surface area contributed by atoms with E-state index in [4.69, 9.17) is 0 Å². The second kappa shape index (κ2) is 22.0. The maximum atomic E-state index is 9.69. The van der Waals surface area contributed by atoms with Crippen LogP contribution in [0, 0.1) is 0 Å². The lowest BCUT2D eigenvalue weighted by Gasteiger charge is -2.18. The molecule has 2 rings (SSSR count). The molecule has 0 heterocycles. The maximum absolute atomic E-state index is 9.69. The molecule has 0 amide bonds. The standard InChI is InChI=1S/C39H58N2/c1-5-9-13-17-21-34-26-30-36(31-27-34)39(35-28-24-33(25-29-35)20-16-12-8-4)38(23-19-15-11-7-3)37(32-41-40)22-18-14-10-6-2/h24-31H,5-23H2,1-4H3. The number of allylic oxidation sites excluding steroid dienone is 2. The van der Waals surface area contributed by atoms with Crippen molar-refractivity contribution in [3.8, 4) is 0 Å². The highest BCUT2D eigenvalue weighted by Gasteiger charge is 2.18. The first-order chi connectivity index (χ1) is 20.2. The minimum absolute atomic E-state index is 0.904. The van der Waals surface area contributed by atoms with E-state index >= 15 is 0 Å². The lowest BCUT2D eigenvalue weighted by molar-refractivity contribution is 0.00739. The first-order valence-electron chi connectivity index (χ1n) is 17.1. The summed E-state index contributed by atoms with van der Waals surface area (Å²) >= 11 is 0. The molecular formula is C39H58N2. The average molecular weight is 555 g/mol. The van der Waals surface area contributed by atoms with E-state index in [-0.39, 0.29) is 0 Å². The molecule has 0 saturated heterocycles. The van der Waals surface area contributed by atoms with E-state index in [0.717, 1.165) is 44.1 Å². The van der Waals surface area contributed by atoms with Gasteiger partial charge in [-0.2, -0.15) is 0 Å². The van der Waals surface area contributed by atoms with Gasteiger partial charge in [0.05, 0.1) is 5.57 Å². The molecule has 0 aliphatic heterocycles. The summed E-state index contributed by atoms with van der Waals surface area (Å²) in [4.78, 5) is 3.47. The fraction of sp³-hybridized carbons (Fsp3) is 0.590. The van der Waals surface area contributed by atoms with Gasteiger partial charge in [-0.25, -0.2) is 0 Å². The molecule has 41 heavy (non-hydrogen) atoms. The van der Waals surface area contributed by atoms with Crippen LogP contribution in [-0.2, 0) is 12.8 Å². The predicted octanol–water partition coefficient (Wildman–Crippen LogP) is 12.1. The van der Waals surface area contributed by atoms with Crippen LogP contribution >= 0.6 is 0 Å². The summed E-state index contributed by atoms with van der Waals surface area (Å²) in [6, 6.07) is 18.6. The van der Waals surface area contributed by atoms with Crippen molar-refractivity contribution in [2.24, 2.45) is 0 Å². The van der Waals surface area contributed by atoms with Gasteiger partial charge in [0.2, 0.25) is 0 Å². The van der Waals surface area contributed by atoms with Crippen LogP contribution in [0.4, 0.5) is 0 Å². The molecule has 0 unspecified atom stereocenters. The van der Waals surface area contributed by atoms with Gasteiger partial charge in [0.1, 0.15) is 0 Å². The number of aryl methyl sites for hydroxylation is 2. The number of hydrogen-bond acceptors (Lipinski definition) is 0. The molecule has 2 heteroatoms. The molecule has 0 spiro atoms. The Balaban J connectivity index is 2.57. The molecule has 0 aromatic heterocycles. The van der Waals surface area contributed by atoms with Crippen molar-refractivity contribution in [1.82, 2.24) is 0 Å². The lowest BCUT2D eigenvalue weighted by Crippen LogP contribution is -2.02. The quantitative estimate of drug-likeness (QED) is 0.0456. The highest BCUT2D eigenvalue weighted by molar-refractivity contribution is 5.87. The zero-order chi connectivity index (χ0) is 29.5. The zero-order valence-electron chi connectivity index (χ0n) is 26.9. The summed E-state index contributed by atoms with van der Waals surface area (Å²) in [5.74, 6) is 3.06. The zero-order valence-corrected chi connectivity index (χ0v) is 26.9. The predicted molar refractivity (Wildman–Crippen MR) is 180 cm³/mol. The highest BCUT2D eigenvalue weighted by Crippen LogP contribution is 2.35. The van der Waals surface area contributed by atoms with Gasteiger partial charge in [0.15, 0.2) is 0 Å². The van der Waals surface area contributed by atoms with Crippen LogP contribution in [0.15, 0.2) is 59.7 Å². The second-order valence-corrected chi connectivity index (χ2v) is 11.8. The van der Waals surface area contributed by atoms with Gasteiger partial charge in [0.25, 0.3) is 0 Å². The lowest BCUT2D eigenvalue weighted by atomic mass is 9.84. The topological polar surface area (TPSA) is 36.4 Å². The largest absolute Gasteiger partial charge is 0.348 e. The summed E-state index contributed by atoms with van der Waals surface area (Å²) in [5.41, 5.74) is 18.7. The molecule has 0 atom stereocenters. The third-order valence-electron chi connectivity index (χ3n) is 8.28. The van der Waals surface area contributed by atoms with E-state index in [1.54, 1.807) is 0 Å². The van der Waals surface area contributed by atoms with Crippen LogP contribution in [-0.4, -0.2) is 10.7 Å². The third-order valence-corrected chi connectivity index (χ3v) is 8.28. The number of nitrogens with zero attached hydrogens (tertiary/aromatic N) is 2. The van der Waals surface area contributed by atoms with Gasteiger partial charge in [-0.05, 0) is 84.8 Å². The van der Waals surface area contributed by atoms with Gasteiger partial charge >= 0.3 is 5.87 Å². The summed E-state index contributed by atoms with van der Waals surface area (Å²) in [5, 5.41) is 0. The minimum atomic E-state index is 0.904. The van der Waals surface area contributed by atoms with Crippen LogP contribution < -0.4 is 0 Å². The minimum Gasteiger partial charge on any atom is -0.348 e. The SMILES string of the molecule is CCCCCCC(=C=[N+]=[N-])C(CCCCCC)=C(c1ccc(CCCCC)cc1)c1ccc(CCCCCC)cc1. The molecule has 0 saturated carbocycles. The number of unbranched alkanes of at least 4 members (excludes halogenated alkanes) is 11. The normalized spacial score (nSPS) is 11.6. The van der Waals surface area contributed by atoms with E-state index in [1.165, 1.54) is 117 Å². The van der Waals surface area contributed by atoms with Crippen molar-refractivity contribution in [3.63, 3.8) is 0 Å². The van der Waals surface area contributed by atoms with Crippen LogP contribution in [0.1, 0.15) is 159 Å². The monoisotopic (exact) mass is 554 g/mol. The molecule has 2 nitrogen and oxygen atoms in total. The molecular weight excluding hydrogens is 496 g/mol. The Labute approximate surface area is 253 Å².